The minimum atomic E-state index is -0.288. The number of nitrogens with one attached hydrogen (secondary N) is 3. The number of H-pyrrole nitrogens is 1. The third-order valence-corrected chi connectivity index (χ3v) is 3.68. The molecule has 21 heavy (non-hydrogen) atoms. The fraction of sp³-hybridized carbons (Fsp3) is 0.538. The van der Waals surface area contributed by atoms with Crippen LogP contribution in [0.5, 0.6) is 0 Å². The van der Waals surface area contributed by atoms with Gasteiger partial charge in [0.25, 0.3) is 5.91 Å². The molecule has 0 unspecified atom stereocenters. The van der Waals surface area contributed by atoms with E-state index in [1.54, 1.807) is 10.9 Å². The van der Waals surface area contributed by atoms with Crippen molar-refractivity contribution in [1.82, 2.24) is 30.5 Å². The van der Waals surface area contributed by atoms with E-state index in [0.29, 0.717) is 17.6 Å². The zero-order valence-electron chi connectivity index (χ0n) is 12.0. The van der Waals surface area contributed by atoms with Crippen LogP contribution in [0.25, 0.3) is 0 Å². The van der Waals surface area contributed by atoms with Crippen molar-refractivity contribution in [2.45, 2.75) is 32.2 Å². The Hall–Kier alpha value is -2.22. The summed E-state index contributed by atoms with van der Waals surface area (Å²) in [5, 5.41) is 20.9. The Kier molecular flexibility index (Phi) is 3.96. The van der Waals surface area contributed by atoms with Gasteiger partial charge in [-0.05, 0) is 32.4 Å². The van der Waals surface area contributed by atoms with Crippen LogP contribution in [0, 0.1) is 0 Å². The van der Waals surface area contributed by atoms with Crippen LogP contribution in [0.1, 0.15) is 42.0 Å². The molecule has 1 aliphatic rings. The van der Waals surface area contributed by atoms with E-state index in [9.17, 15) is 4.79 Å². The SMILES string of the molecule is CCc1cc(NC(=O)c2cn(C3CCNCC3)nn2)n[nH]1. The van der Waals surface area contributed by atoms with Crippen molar-refractivity contribution in [3.05, 3.63) is 23.7 Å². The van der Waals surface area contributed by atoms with Gasteiger partial charge < -0.3 is 10.6 Å². The molecule has 0 bridgehead atoms. The first-order chi connectivity index (χ1) is 10.3. The summed E-state index contributed by atoms with van der Waals surface area (Å²) in [6.45, 7) is 3.96. The van der Waals surface area contributed by atoms with Gasteiger partial charge in [0, 0.05) is 11.8 Å². The molecule has 8 nitrogen and oxygen atoms in total. The summed E-state index contributed by atoms with van der Waals surface area (Å²) in [7, 11) is 0. The molecule has 2 aromatic heterocycles. The predicted molar refractivity (Wildman–Crippen MR) is 77.1 cm³/mol. The first-order valence-corrected chi connectivity index (χ1v) is 7.24. The molecule has 1 fully saturated rings. The Labute approximate surface area is 122 Å². The molecule has 3 N–H and O–H groups in total. The number of piperidine rings is 1. The molecule has 0 aromatic carbocycles. The quantitative estimate of drug-likeness (QED) is 0.770. The normalized spacial score (nSPS) is 16.0. The zero-order chi connectivity index (χ0) is 14.7. The van der Waals surface area contributed by atoms with Gasteiger partial charge in [-0.1, -0.05) is 12.1 Å². The highest BCUT2D eigenvalue weighted by molar-refractivity contribution is 6.02. The van der Waals surface area contributed by atoms with Gasteiger partial charge in [-0.2, -0.15) is 5.10 Å². The second-order valence-corrected chi connectivity index (χ2v) is 5.15. The van der Waals surface area contributed by atoms with E-state index >= 15 is 0 Å². The summed E-state index contributed by atoms with van der Waals surface area (Å²) >= 11 is 0. The lowest BCUT2D eigenvalue weighted by Crippen LogP contribution is -2.29. The monoisotopic (exact) mass is 289 g/mol. The first-order valence-electron chi connectivity index (χ1n) is 7.24. The highest BCUT2D eigenvalue weighted by atomic mass is 16.2. The number of aromatic amines is 1. The Morgan fingerprint density at radius 1 is 1.48 bits per heavy atom. The van der Waals surface area contributed by atoms with Gasteiger partial charge >= 0.3 is 0 Å². The molecule has 3 heterocycles. The Bertz CT molecular complexity index is 612. The molecule has 1 saturated heterocycles. The Morgan fingerprint density at radius 3 is 3.00 bits per heavy atom. The maximum atomic E-state index is 12.1. The van der Waals surface area contributed by atoms with Crippen LogP contribution >= 0.6 is 0 Å². The second kappa shape index (κ2) is 6.04. The topological polar surface area (TPSA) is 101 Å². The van der Waals surface area contributed by atoms with Crippen molar-refractivity contribution in [1.29, 1.82) is 0 Å². The minimum Gasteiger partial charge on any atom is -0.317 e. The highest BCUT2D eigenvalue weighted by Gasteiger charge is 2.19. The summed E-state index contributed by atoms with van der Waals surface area (Å²) in [4.78, 5) is 12.1. The predicted octanol–water partition coefficient (Wildman–Crippen LogP) is 0.740. The van der Waals surface area contributed by atoms with Crippen molar-refractivity contribution in [2.75, 3.05) is 18.4 Å². The maximum Gasteiger partial charge on any atom is 0.279 e. The van der Waals surface area contributed by atoms with Crippen molar-refractivity contribution in [2.24, 2.45) is 0 Å². The fourth-order valence-corrected chi connectivity index (χ4v) is 2.42. The largest absolute Gasteiger partial charge is 0.317 e. The Balaban J connectivity index is 1.66. The summed E-state index contributed by atoms with van der Waals surface area (Å²) < 4.78 is 1.79. The lowest BCUT2D eigenvalue weighted by molar-refractivity contribution is 0.102. The highest BCUT2D eigenvalue weighted by Crippen LogP contribution is 2.17. The van der Waals surface area contributed by atoms with Crippen LogP contribution < -0.4 is 10.6 Å². The molecular formula is C13H19N7O. The summed E-state index contributed by atoms with van der Waals surface area (Å²) in [5.74, 6) is 0.220. The van der Waals surface area contributed by atoms with E-state index in [4.69, 9.17) is 0 Å². The number of nitrogens with zero attached hydrogens (tertiary/aromatic N) is 4. The number of amides is 1. The van der Waals surface area contributed by atoms with E-state index in [2.05, 4.69) is 31.1 Å². The number of carbonyl (C=O) groups excluding carboxylic acids is 1. The van der Waals surface area contributed by atoms with Crippen LogP contribution in [0.4, 0.5) is 5.82 Å². The van der Waals surface area contributed by atoms with Gasteiger partial charge in [-0.25, -0.2) is 4.68 Å². The lowest BCUT2D eigenvalue weighted by atomic mass is 10.1. The molecule has 0 spiro atoms. The van der Waals surface area contributed by atoms with E-state index in [1.807, 2.05) is 13.0 Å². The molecule has 0 radical (unpaired) electrons. The minimum absolute atomic E-state index is 0.288. The molecular weight excluding hydrogens is 270 g/mol. The standard InChI is InChI=1S/C13H19N7O/c1-2-9-7-12(18-16-9)15-13(21)11-8-20(19-17-11)10-3-5-14-6-4-10/h7-8,10,14H,2-6H2,1H3,(H2,15,16,18,21). The number of hydrogen-bond acceptors (Lipinski definition) is 5. The third-order valence-electron chi connectivity index (χ3n) is 3.68. The molecule has 1 amide bonds. The van der Waals surface area contributed by atoms with Gasteiger partial charge in [-0.15, -0.1) is 5.10 Å². The van der Waals surface area contributed by atoms with E-state index in [1.165, 1.54) is 0 Å². The number of aryl methyl sites for hydroxylation is 1. The van der Waals surface area contributed by atoms with E-state index in [-0.39, 0.29) is 5.91 Å². The lowest BCUT2D eigenvalue weighted by Gasteiger charge is -2.21. The van der Waals surface area contributed by atoms with Gasteiger partial charge in [0.1, 0.15) is 0 Å². The number of hydrogen-bond donors (Lipinski definition) is 3. The molecule has 112 valence electrons. The fourth-order valence-electron chi connectivity index (χ4n) is 2.42. The number of carbonyl (C=O) groups is 1. The third kappa shape index (κ3) is 3.10. The Morgan fingerprint density at radius 2 is 2.29 bits per heavy atom. The zero-order valence-corrected chi connectivity index (χ0v) is 12.0. The van der Waals surface area contributed by atoms with Crippen LogP contribution in [-0.4, -0.2) is 44.2 Å². The molecule has 1 aliphatic heterocycles. The molecule has 0 aliphatic carbocycles. The number of rotatable bonds is 4. The van der Waals surface area contributed by atoms with Crippen molar-refractivity contribution >= 4 is 11.7 Å². The van der Waals surface area contributed by atoms with Gasteiger partial charge in [0.2, 0.25) is 0 Å². The van der Waals surface area contributed by atoms with E-state index < -0.39 is 0 Å². The molecule has 0 atom stereocenters. The van der Waals surface area contributed by atoms with Crippen LogP contribution in [0.15, 0.2) is 12.3 Å². The number of anilines is 1. The smallest absolute Gasteiger partial charge is 0.279 e. The van der Waals surface area contributed by atoms with Crippen molar-refractivity contribution in [3.8, 4) is 0 Å². The average Bonchev–Trinajstić information content (AvgIpc) is 3.17. The number of aromatic nitrogens is 5. The van der Waals surface area contributed by atoms with Gasteiger partial charge in [-0.3, -0.25) is 9.89 Å². The van der Waals surface area contributed by atoms with Crippen molar-refractivity contribution < 1.29 is 4.79 Å². The maximum absolute atomic E-state index is 12.1. The second-order valence-electron chi connectivity index (χ2n) is 5.15. The molecule has 0 saturated carbocycles. The van der Waals surface area contributed by atoms with Crippen LogP contribution in [0.3, 0.4) is 0 Å². The van der Waals surface area contributed by atoms with Crippen molar-refractivity contribution in [3.63, 3.8) is 0 Å². The molecule has 8 heteroatoms. The molecule has 3 rings (SSSR count). The summed E-state index contributed by atoms with van der Waals surface area (Å²) in [5.41, 5.74) is 1.29. The van der Waals surface area contributed by atoms with Crippen LogP contribution in [0.2, 0.25) is 0 Å². The van der Waals surface area contributed by atoms with Gasteiger partial charge in [0.05, 0.1) is 12.2 Å². The molecule has 2 aromatic rings. The summed E-state index contributed by atoms with van der Waals surface area (Å²) in [6.07, 6.45) is 4.56. The first kappa shape index (κ1) is 13.7. The van der Waals surface area contributed by atoms with E-state index in [0.717, 1.165) is 38.0 Å². The average molecular weight is 289 g/mol. The van der Waals surface area contributed by atoms with Gasteiger partial charge in [0.15, 0.2) is 11.5 Å². The van der Waals surface area contributed by atoms with Crippen LogP contribution in [-0.2, 0) is 6.42 Å². The summed E-state index contributed by atoms with van der Waals surface area (Å²) in [6, 6.07) is 2.13.